The summed E-state index contributed by atoms with van der Waals surface area (Å²) in [4.78, 5) is 42.5. The lowest BCUT2D eigenvalue weighted by Crippen LogP contribution is -2.29. The van der Waals surface area contributed by atoms with Crippen molar-refractivity contribution in [1.82, 2.24) is 10.3 Å². The number of carboxylic acid groups (broad SMARTS) is 1. The number of carbonyl (C=O) groups excluding carboxylic acids is 2. The van der Waals surface area contributed by atoms with Crippen molar-refractivity contribution in [1.29, 1.82) is 0 Å². The summed E-state index contributed by atoms with van der Waals surface area (Å²) in [5, 5.41) is 14.7. The lowest BCUT2D eigenvalue weighted by Gasteiger charge is -2.29. The summed E-state index contributed by atoms with van der Waals surface area (Å²) in [5.74, 6) is -0.512. The number of hydrogen-bond acceptors (Lipinski definition) is 6. The highest BCUT2D eigenvalue weighted by molar-refractivity contribution is 7.98. The van der Waals surface area contributed by atoms with Gasteiger partial charge in [-0.15, -0.1) is 11.8 Å². The van der Waals surface area contributed by atoms with Gasteiger partial charge >= 0.3 is 12.1 Å². The number of anilines is 2. The van der Waals surface area contributed by atoms with Gasteiger partial charge in [0, 0.05) is 53.3 Å². The number of benzene rings is 4. The number of aryl methyl sites for hydroxylation is 1. The molecule has 8 nitrogen and oxygen atoms in total. The number of hydrogen-bond donors (Lipinski definition) is 3. The number of aromatic nitrogens is 1. The summed E-state index contributed by atoms with van der Waals surface area (Å²) in [7, 11) is 0. The third-order valence-electron chi connectivity index (χ3n) is 8.48. The zero-order chi connectivity index (χ0) is 39.8. The molecule has 0 aliphatic carbocycles. The van der Waals surface area contributed by atoms with E-state index in [4.69, 9.17) is 0 Å². The summed E-state index contributed by atoms with van der Waals surface area (Å²) < 4.78 is 36.6. The van der Waals surface area contributed by atoms with Crippen LogP contribution in [0.2, 0.25) is 0 Å². The second-order valence-electron chi connectivity index (χ2n) is 12.5. The quantitative estimate of drug-likeness (QED) is 0.0906. The van der Waals surface area contributed by atoms with Gasteiger partial charge in [0.2, 0.25) is 6.41 Å². The lowest BCUT2D eigenvalue weighted by molar-refractivity contribution is -0.137. The number of halogens is 3. The van der Waals surface area contributed by atoms with Crippen LogP contribution in [0.1, 0.15) is 76.1 Å². The zero-order valence-electron chi connectivity index (χ0n) is 31.0. The van der Waals surface area contributed by atoms with Gasteiger partial charge in [-0.05, 0) is 116 Å². The van der Waals surface area contributed by atoms with E-state index in [0.29, 0.717) is 23.3 Å². The molecule has 5 aromatic rings. The van der Waals surface area contributed by atoms with E-state index in [9.17, 15) is 32.7 Å². The Labute approximate surface area is 324 Å². The molecule has 288 valence electrons. The van der Waals surface area contributed by atoms with E-state index in [-0.39, 0.29) is 18.0 Å². The van der Waals surface area contributed by atoms with E-state index in [0.717, 1.165) is 63.9 Å². The Morgan fingerprint density at radius 2 is 1.56 bits per heavy atom. The maximum Gasteiger partial charge on any atom is 0.416 e. The average Bonchev–Trinajstić information content (AvgIpc) is 3.20. The lowest BCUT2D eigenvalue weighted by atomic mass is 10.0. The fraction of sp³-hybridized carbons (Fsp3) is 0.256. The van der Waals surface area contributed by atoms with Crippen LogP contribution in [0.25, 0.3) is 11.3 Å². The average molecular weight is 771 g/mol. The van der Waals surface area contributed by atoms with E-state index < -0.39 is 17.7 Å². The summed E-state index contributed by atoms with van der Waals surface area (Å²) in [6, 6.07) is 29.5. The first kappa shape index (κ1) is 42.1. The third kappa shape index (κ3) is 12.7. The molecule has 0 radical (unpaired) electrons. The van der Waals surface area contributed by atoms with Gasteiger partial charge in [-0.2, -0.15) is 13.2 Å². The summed E-state index contributed by atoms with van der Waals surface area (Å²) in [6.45, 7) is 8.22. The number of carboxylic acids is 1. The van der Waals surface area contributed by atoms with E-state index in [2.05, 4.69) is 32.7 Å². The molecule has 0 bridgehead atoms. The van der Waals surface area contributed by atoms with Crippen LogP contribution in [0.5, 0.6) is 0 Å². The van der Waals surface area contributed by atoms with Crippen molar-refractivity contribution in [2.45, 2.75) is 63.4 Å². The Hall–Kier alpha value is -5.62. The maximum absolute atomic E-state index is 13.4. The van der Waals surface area contributed by atoms with Crippen molar-refractivity contribution < 1.29 is 32.7 Å². The highest BCUT2D eigenvalue weighted by Gasteiger charge is 2.30. The van der Waals surface area contributed by atoms with Crippen LogP contribution in [0.15, 0.2) is 114 Å². The monoisotopic (exact) mass is 770 g/mol. The Morgan fingerprint density at radius 1 is 0.855 bits per heavy atom. The molecule has 0 saturated carbocycles. The molecule has 1 fully saturated rings. The van der Waals surface area contributed by atoms with Crippen molar-refractivity contribution >= 4 is 41.4 Å². The van der Waals surface area contributed by atoms with Crippen molar-refractivity contribution in [3.63, 3.8) is 0 Å². The van der Waals surface area contributed by atoms with Crippen LogP contribution in [-0.4, -0.2) is 41.5 Å². The molecule has 0 unspecified atom stereocenters. The molecule has 1 aliphatic heterocycles. The summed E-state index contributed by atoms with van der Waals surface area (Å²) in [5.41, 5.74) is 6.25. The van der Waals surface area contributed by atoms with E-state index in [1.807, 2.05) is 63.2 Å². The minimum absolute atomic E-state index is 0.105. The van der Waals surface area contributed by atoms with Crippen LogP contribution >= 0.6 is 11.8 Å². The van der Waals surface area contributed by atoms with Crippen molar-refractivity contribution in [3.8, 4) is 11.3 Å². The van der Waals surface area contributed by atoms with Gasteiger partial charge in [0.15, 0.2) is 0 Å². The molecular weight excluding hydrogens is 726 g/mol. The first-order valence-electron chi connectivity index (χ1n) is 18.0. The molecule has 4 aromatic carbocycles. The molecule has 1 aliphatic rings. The van der Waals surface area contributed by atoms with Crippen LogP contribution < -0.4 is 15.5 Å². The first-order valence-corrected chi connectivity index (χ1v) is 19.0. The Bertz CT molecular complexity index is 2050. The van der Waals surface area contributed by atoms with Crippen LogP contribution in [0.3, 0.4) is 0 Å². The standard InChI is InChI=1S/C32H31N3O3S.C9H8F3NO.C2H6/c1-22-13-14-33-30(17-22)28-20-26(35-15-3-2-4-16-35)11-12-29(28)34-31(36)24-8-5-7-23(18-24)21-39-27-10-6-9-25(19-27)32(37)38;10-9(11,12)8-3-1-2-7(4-8)5-13-6-14;1-2/h5-14,17-20H,2-4,15-16,21H2,1H3,(H,34,36)(H,37,38);1-4,6H,5H2,(H,13,14);1-2H3. The fourth-order valence-electron chi connectivity index (χ4n) is 5.78. The van der Waals surface area contributed by atoms with Crippen LogP contribution in [0, 0.1) is 6.92 Å². The van der Waals surface area contributed by atoms with E-state index in [1.54, 1.807) is 30.5 Å². The zero-order valence-corrected chi connectivity index (χ0v) is 31.8. The molecule has 12 heteroatoms. The number of aromatic carboxylic acids is 1. The topological polar surface area (TPSA) is 112 Å². The molecule has 6 rings (SSSR count). The molecule has 1 saturated heterocycles. The van der Waals surface area contributed by atoms with Gasteiger partial charge in [0.1, 0.15) is 0 Å². The van der Waals surface area contributed by atoms with Gasteiger partial charge < -0.3 is 20.6 Å². The van der Waals surface area contributed by atoms with Crippen molar-refractivity contribution in [2.24, 2.45) is 0 Å². The third-order valence-corrected chi connectivity index (χ3v) is 9.55. The van der Waals surface area contributed by atoms with Gasteiger partial charge in [-0.3, -0.25) is 14.6 Å². The Morgan fingerprint density at radius 3 is 2.27 bits per heavy atom. The molecule has 0 spiro atoms. The minimum atomic E-state index is -4.34. The molecule has 1 aromatic heterocycles. The van der Waals surface area contributed by atoms with Crippen molar-refractivity contribution in [3.05, 3.63) is 143 Å². The summed E-state index contributed by atoms with van der Waals surface area (Å²) in [6.07, 6.45) is 1.56. The molecule has 0 atom stereocenters. The normalized spacial score (nSPS) is 12.3. The molecule has 2 heterocycles. The first-order chi connectivity index (χ1) is 26.5. The number of alkyl halides is 3. The minimum Gasteiger partial charge on any atom is -0.478 e. The van der Waals surface area contributed by atoms with Gasteiger partial charge in [0.25, 0.3) is 5.91 Å². The number of piperidine rings is 1. The number of amides is 2. The predicted molar refractivity (Wildman–Crippen MR) is 214 cm³/mol. The van der Waals surface area contributed by atoms with Crippen LogP contribution in [-0.2, 0) is 23.3 Å². The number of nitrogens with one attached hydrogen (secondary N) is 2. The van der Waals surface area contributed by atoms with Gasteiger partial charge in [-0.25, -0.2) is 4.79 Å². The number of rotatable bonds is 11. The fourth-order valence-corrected chi connectivity index (χ4v) is 6.68. The Kier molecular flexibility index (Phi) is 15.9. The Balaban J connectivity index is 0.000000354. The molecule has 2 amide bonds. The number of carbonyl (C=O) groups is 3. The predicted octanol–water partition coefficient (Wildman–Crippen LogP) is 10.3. The van der Waals surface area contributed by atoms with Gasteiger partial charge in [0.05, 0.1) is 22.5 Å². The number of pyridine rings is 1. The van der Waals surface area contributed by atoms with Gasteiger partial charge in [-0.1, -0.05) is 44.2 Å². The second kappa shape index (κ2) is 20.7. The SMILES string of the molecule is CC.Cc1ccnc(-c2cc(N3CCCCC3)ccc2NC(=O)c2cccc(CSc3cccc(C(=O)O)c3)c2)c1.O=CNCc1cccc(C(F)(F)F)c1. The highest BCUT2D eigenvalue weighted by atomic mass is 32.2. The second-order valence-corrected chi connectivity index (χ2v) is 13.5. The number of nitrogens with zero attached hydrogens (tertiary/aromatic N) is 2. The van der Waals surface area contributed by atoms with Crippen molar-refractivity contribution in [2.75, 3.05) is 23.3 Å². The van der Waals surface area contributed by atoms with Crippen LogP contribution in [0.4, 0.5) is 24.5 Å². The van der Waals surface area contributed by atoms with E-state index >= 15 is 0 Å². The molecule has 55 heavy (non-hydrogen) atoms. The molecular formula is C43H45F3N4O4S. The van der Waals surface area contributed by atoms with E-state index in [1.165, 1.54) is 43.2 Å². The molecule has 3 N–H and O–H groups in total. The summed E-state index contributed by atoms with van der Waals surface area (Å²) >= 11 is 1.54. The largest absolute Gasteiger partial charge is 0.478 e. The maximum atomic E-state index is 13.4. The number of thioether (sulfide) groups is 1. The highest BCUT2D eigenvalue weighted by Crippen LogP contribution is 2.34. The smallest absolute Gasteiger partial charge is 0.416 e.